The van der Waals surface area contributed by atoms with Gasteiger partial charge in [-0.25, -0.2) is 9.59 Å². The number of hydrogen-bond donors (Lipinski definition) is 1. The number of aliphatic carboxylic acids is 1. The van der Waals surface area contributed by atoms with Gasteiger partial charge in [0.15, 0.2) is 6.10 Å². The maximum atomic E-state index is 13.0. The molecule has 0 aliphatic rings. The zero-order valence-corrected chi connectivity index (χ0v) is 21.8. The molecular weight excluding hydrogens is 503 g/mol. The summed E-state index contributed by atoms with van der Waals surface area (Å²) in [4.78, 5) is 25.5. The number of benzene rings is 2. The van der Waals surface area contributed by atoms with Crippen molar-refractivity contribution in [2.45, 2.75) is 64.7 Å². The molecule has 0 radical (unpaired) electrons. The summed E-state index contributed by atoms with van der Waals surface area (Å²) in [7, 11) is 0. The van der Waals surface area contributed by atoms with Gasteiger partial charge in [0.1, 0.15) is 18.1 Å². The Morgan fingerprint density at radius 3 is 2.29 bits per heavy atom. The van der Waals surface area contributed by atoms with Crippen LogP contribution < -0.4 is 9.47 Å². The summed E-state index contributed by atoms with van der Waals surface area (Å²) in [5, 5.41) is 9.24. The molecule has 1 atom stereocenters. The Kier molecular flexibility index (Phi) is 12.9. The first-order valence-corrected chi connectivity index (χ1v) is 12.8. The van der Waals surface area contributed by atoms with Crippen LogP contribution in [0.3, 0.4) is 0 Å². The van der Waals surface area contributed by atoms with Gasteiger partial charge in [-0.15, -0.1) is 0 Å². The molecule has 10 heteroatoms. The molecule has 0 aliphatic heterocycles. The number of carboxylic acid groups (broad SMARTS) is 1. The second kappa shape index (κ2) is 15.9. The van der Waals surface area contributed by atoms with Crippen LogP contribution in [-0.4, -0.2) is 54.5 Å². The van der Waals surface area contributed by atoms with Crippen molar-refractivity contribution in [3.8, 4) is 11.5 Å². The van der Waals surface area contributed by atoms with Crippen molar-refractivity contribution in [1.82, 2.24) is 4.90 Å². The van der Waals surface area contributed by atoms with E-state index >= 15 is 0 Å². The van der Waals surface area contributed by atoms with Crippen molar-refractivity contribution < 1.29 is 42.1 Å². The first-order valence-electron chi connectivity index (χ1n) is 12.8. The molecule has 2 rings (SSSR count). The van der Waals surface area contributed by atoms with Gasteiger partial charge in [-0.2, -0.15) is 13.2 Å². The summed E-state index contributed by atoms with van der Waals surface area (Å²) in [6.45, 7) is 4.84. The van der Waals surface area contributed by atoms with Crippen molar-refractivity contribution in [1.29, 1.82) is 0 Å². The van der Waals surface area contributed by atoms with E-state index in [0.717, 1.165) is 49.8 Å². The molecule has 0 heterocycles. The van der Waals surface area contributed by atoms with Crippen LogP contribution in [0.5, 0.6) is 11.5 Å². The van der Waals surface area contributed by atoms with Gasteiger partial charge >= 0.3 is 18.2 Å². The number of carbonyl (C=O) groups excluding carboxylic acids is 1. The van der Waals surface area contributed by atoms with Crippen LogP contribution in [0.2, 0.25) is 0 Å². The lowest BCUT2D eigenvalue weighted by Crippen LogP contribution is -2.37. The summed E-state index contributed by atoms with van der Waals surface area (Å²) in [5.74, 6) is -0.672. The van der Waals surface area contributed by atoms with E-state index in [1.54, 1.807) is 31.2 Å². The number of halogens is 3. The van der Waals surface area contributed by atoms with Crippen molar-refractivity contribution in [3.63, 3.8) is 0 Å². The third kappa shape index (κ3) is 11.0. The Balaban J connectivity index is 1.96. The van der Waals surface area contributed by atoms with Gasteiger partial charge < -0.3 is 24.2 Å². The van der Waals surface area contributed by atoms with Gasteiger partial charge in [0.2, 0.25) is 0 Å². The summed E-state index contributed by atoms with van der Waals surface area (Å²) < 4.78 is 55.3. The van der Waals surface area contributed by atoms with Gasteiger partial charge in [-0.05, 0) is 49.2 Å². The summed E-state index contributed by atoms with van der Waals surface area (Å²) in [5.41, 5.74) is -0.117. The fourth-order valence-corrected chi connectivity index (χ4v) is 3.73. The number of amides is 1. The summed E-state index contributed by atoms with van der Waals surface area (Å²) >= 11 is 0. The minimum atomic E-state index is -4.54. The predicted molar refractivity (Wildman–Crippen MR) is 136 cm³/mol. The number of alkyl halides is 3. The average Bonchev–Trinajstić information content (AvgIpc) is 2.87. The molecule has 1 amide bonds. The number of rotatable bonds is 16. The molecule has 0 saturated heterocycles. The third-order valence-corrected chi connectivity index (χ3v) is 5.77. The van der Waals surface area contributed by atoms with Crippen LogP contribution >= 0.6 is 0 Å². The Labute approximate surface area is 221 Å². The predicted octanol–water partition coefficient (Wildman–Crippen LogP) is 6.59. The molecule has 0 saturated carbocycles. The highest BCUT2D eigenvalue weighted by molar-refractivity contribution is 5.72. The first-order chi connectivity index (χ1) is 18.1. The maximum Gasteiger partial charge on any atom is 0.416 e. The van der Waals surface area contributed by atoms with Crippen LogP contribution in [0, 0.1) is 0 Å². The minimum absolute atomic E-state index is 0.142. The second-order valence-corrected chi connectivity index (χ2v) is 8.77. The quantitative estimate of drug-likeness (QED) is 0.242. The number of unbranched alkanes of at least 4 members (excludes halogenated alkanes) is 4. The SMILES string of the molecule is CCCCCCCN(CCOc1ccc(CC(OCC)C(=O)O)cc1)C(=O)Oc1cccc(C(F)(F)F)c1. The maximum absolute atomic E-state index is 13.0. The Bertz CT molecular complexity index is 997. The lowest BCUT2D eigenvalue weighted by molar-refractivity contribution is -0.150. The lowest BCUT2D eigenvalue weighted by Gasteiger charge is -2.22. The molecule has 38 heavy (non-hydrogen) atoms. The molecule has 1 N–H and O–H groups in total. The van der Waals surface area contributed by atoms with E-state index in [-0.39, 0.29) is 25.3 Å². The molecule has 210 valence electrons. The van der Waals surface area contributed by atoms with Crippen molar-refractivity contribution in [2.75, 3.05) is 26.3 Å². The van der Waals surface area contributed by atoms with Crippen LogP contribution in [0.4, 0.5) is 18.0 Å². The van der Waals surface area contributed by atoms with Gasteiger partial charge in [-0.1, -0.05) is 50.8 Å². The fourth-order valence-electron chi connectivity index (χ4n) is 3.73. The largest absolute Gasteiger partial charge is 0.492 e. The van der Waals surface area contributed by atoms with Crippen LogP contribution in [0.25, 0.3) is 0 Å². The molecule has 0 aliphatic carbocycles. The Morgan fingerprint density at radius 2 is 1.66 bits per heavy atom. The lowest BCUT2D eigenvalue weighted by atomic mass is 10.1. The van der Waals surface area contributed by atoms with Crippen molar-refractivity contribution in [2.24, 2.45) is 0 Å². The van der Waals surface area contributed by atoms with E-state index in [4.69, 9.17) is 14.2 Å². The molecule has 2 aromatic rings. The average molecular weight is 540 g/mol. The van der Waals surface area contributed by atoms with E-state index in [1.807, 2.05) is 0 Å². The molecular formula is C28H36F3NO6. The van der Waals surface area contributed by atoms with Gasteiger partial charge in [0.05, 0.1) is 12.1 Å². The van der Waals surface area contributed by atoms with Crippen LogP contribution in [-0.2, 0) is 22.1 Å². The molecule has 2 aromatic carbocycles. The monoisotopic (exact) mass is 539 g/mol. The number of hydrogen-bond acceptors (Lipinski definition) is 5. The molecule has 1 unspecified atom stereocenters. The fraction of sp³-hybridized carbons (Fsp3) is 0.500. The van der Waals surface area contributed by atoms with E-state index in [1.165, 1.54) is 17.0 Å². The summed E-state index contributed by atoms with van der Waals surface area (Å²) in [6.07, 6.45) is -1.14. The van der Waals surface area contributed by atoms with Crippen molar-refractivity contribution in [3.05, 3.63) is 59.7 Å². The molecule has 0 fully saturated rings. The standard InChI is InChI=1S/C28H36F3NO6/c1-3-5-6-7-8-16-32(27(35)38-24-11-9-10-22(20-24)28(29,30)31)17-18-37-23-14-12-21(13-15-23)19-25(26(33)34)36-4-2/h9-15,20,25H,3-8,16-19H2,1-2H3,(H,33,34). The molecule has 7 nitrogen and oxygen atoms in total. The minimum Gasteiger partial charge on any atom is -0.492 e. The molecule has 0 spiro atoms. The zero-order valence-electron chi connectivity index (χ0n) is 21.8. The van der Waals surface area contributed by atoms with Crippen LogP contribution in [0.15, 0.2) is 48.5 Å². The highest BCUT2D eigenvalue weighted by Gasteiger charge is 2.31. The van der Waals surface area contributed by atoms with Gasteiger partial charge in [0, 0.05) is 19.6 Å². The highest BCUT2D eigenvalue weighted by Crippen LogP contribution is 2.31. The Morgan fingerprint density at radius 1 is 0.947 bits per heavy atom. The second-order valence-electron chi connectivity index (χ2n) is 8.77. The third-order valence-electron chi connectivity index (χ3n) is 5.77. The van der Waals surface area contributed by atoms with Crippen LogP contribution in [0.1, 0.15) is 57.1 Å². The van der Waals surface area contributed by atoms with E-state index in [9.17, 15) is 27.9 Å². The number of nitrogens with zero attached hydrogens (tertiary/aromatic N) is 1. The first kappa shape index (κ1) is 31.0. The summed E-state index contributed by atoms with van der Waals surface area (Å²) in [6, 6.07) is 11.1. The van der Waals surface area contributed by atoms with Gasteiger partial charge in [0.25, 0.3) is 0 Å². The normalized spacial score (nSPS) is 12.1. The van der Waals surface area contributed by atoms with E-state index < -0.39 is 29.9 Å². The number of carboxylic acids is 1. The van der Waals surface area contributed by atoms with E-state index in [0.29, 0.717) is 18.9 Å². The number of ether oxygens (including phenoxy) is 3. The molecule has 0 aromatic heterocycles. The van der Waals surface area contributed by atoms with Gasteiger partial charge in [-0.3, -0.25) is 0 Å². The topological polar surface area (TPSA) is 85.3 Å². The Hall–Kier alpha value is -3.27. The number of carbonyl (C=O) groups is 2. The molecule has 0 bridgehead atoms. The highest BCUT2D eigenvalue weighted by atomic mass is 19.4. The van der Waals surface area contributed by atoms with Crippen molar-refractivity contribution >= 4 is 12.1 Å². The van der Waals surface area contributed by atoms with E-state index in [2.05, 4.69) is 6.92 Å². The smallest absolute Gasteiger partial charge is 0.416 e. The zero-order chi connectivity index (χ0) is 28.0.